The van der Waals surface area contributed by atoms with Crippen LogP contribution in [-0.4, -0.2) is 16.0 Å². The number of hydrogen-bond donors (Lipinski definition) is 2. The van der Waals surface area contributed by atoms with Crippen LogP contribution in [0.5, 0.6) is 11.5 Å². The Kier molecular flexibility index (Phi) is 5.87. The van der Waals surface area contributed by atoms with E-state index in [4.69, 9.17) is 0 Å². The first-order valence-electron chi connectivity index (χ1n) is 8.76. The number of benzene rings is 1. The molecule has 3 nitrogen and oxygen atoms in total. The highest BCUT2D eigenvalue weighted by atomic mass is 16.3. The first kappa shape index (κ1) is 18.3. The van der Waals surface area contributed by atoms with E-state index in [1.54, 1.807) is 19.1 Å². The zero-order valence-corrected chi connectivity index (χ0v) is 14.9. The molecule has 0 aromatic heterocycles. The molecule has 0 saturated heterocycles. The molecule has 1 aromatic carbocycles. The number of phenols is 2. The van der Waals surface area contributed by atoms with Gasteiger partial charge in [0.1, 0.15) is 11.5 Å². The molecule has 1 aliphatic rings. The Bertz CT molecular complexity index is 647. The molecule has 0 spiro atoms. The van der Waals surface area contributed by atoms with Gasteiger partial charge in [-0.2, -0.15) is 0 Å². The molecule has 2 rings (SSSR count). The normalized spacial score (nSPS) is 20.8. The molecule has 2 N–H and O–H groups in total. The predicted molar refractivity (Wildman–Crippen MR) is 97.4 cm³/mol. The number of carbonyl (C=O) groups excluding carboxylic acids is 1. The molecule has 0 aliphatic heterocycles. The van der Waals surface area contributed by atoms with E-state index in [2.05, 4.69) is 13.5 Å². The number of aryl methyl sites for hydroxylation is 1. The molecule has 3 heteroatoms. The molecule has 1 aliphatic carbocycles. The molecule has 0 bridgehead atoms. The number of carbonyl (C=O) groups is 1. The Balaban J connectivity index is 2.39. The first-order valence-corrected chi connectivity index (χ1v) is 8.76. The lowest BCUT2D eigenvalue weighted by molar-refractivity contribution is -0.116. The predicted octanol–water partition coefficient (Wildman–Crippen LogP) is 5.03. The van der Waals surface area contributed by atoms with Gasteiger partial charge in [0.15, 0.2) is 5.78 Å². The minimum atomic E-state index is -0.218. The SMILES string of the molecule is C=C(C)[C@@H]1CC(=O)C(C)=CC1c1c(O)cc(CCCCC)cc1O. The van der Waals surface area contributed by atoms with Crippen LogP contribution in [0.1, 0.15) is 63.5 Å². The van der Waals surface area contributed by atoms with Gasteiger partial charge in [-0.25, -0.2) is 0 Å². The topological polar surface area (TPSA) is 57.5 Å². The van der Waals surface area contributed by atoms with Gasteiger partial charge in [0, 0.05) is 17.9 Å². The summed E-state index contributed by atoms with van der Waals surface area (Å²) < 4.78 is 0. The van der Waals surface area contributed by atoms with Gasteiger partial charge in [0.2, 0.25) is 0 Å². The van der Waals surface area contributed by atoms with E-state index in [-0.39, 0.29) is 29.1 Å². The number of rotatable bonds is 6. The van der Waals surface area contributed by atoms with Gasteiger partial charge in [0.25, 0.3) is 0 Å². The smallest absolute Gasteiger partial charge is 0.158 e. The van der Waals surface area contributed by atoms with Gasteiger partial charge >= 0.3 is 0 Å². The van der Waals surface area contributed by atoms with E-state index in [0.717, 1.165) is 36.8 Å². The largest absolute Gasteiger partial charge is 0.507 e. The summed E-state index contributed by atoms with van der Waals surface area (Å²) >= 11 is 0. The molecule has 0 radical (unpaired) electrons. The van der Waals surface area contributed by atoms with Crippen molar-refractivity contribution in [2.24, 2.45) is 5.92 Å². The highest BCUT2D eigenvalue weighted by Crippen LogP contribution is 2.45. The van der Waals surface area contributed by atoms with Crippen LogP contribution in [-0.2, 0) is 11.2 Å². The van der Waals surface area contributed by atoms with Gasteiger partial charge in [-0.3, -0.25) is 4.79 Å². The molecule has 0 heterocycles. The summed E-state index contributed by atoms with van der Waals surface area (Å²) in [5, 5.41) is 21.1. The summed E-state index contributed by atoms with van der Waals surface area (Å²) in [6.07, 6.45) is 6.39. The number of ketones is 1. The van der Waals surface area contributed by atoms with Crippen LogP contribution >= 0.6 is 0 Å². The maximum atomic E-state index is 12.0. The van der Waals surface area contributed by atoms with Crippen LogP contribution in [0.2, 0.25) is 0 Å². The van der Waals surface area contributed by atoms with Gasteiger partial charge < -0.3 is 10.2 Å². The second-order valence-corrected chi connectivity index (χ2v) is 6.96. The molecule has 0 amide bonds. The first-order chi connectivity index (χ1) is 11.3. The van der Waals surface area contributed by atoms with Crippen LogP contribution in [0.4, 0.5) is 0 Å². The molecule has 0 fully saturated rings. The monoisotopic (exact) mass is 328 g/mol. The minimum absolute atomic E-state index is 0.0936. The fourth-order valence-corrected chi connectivity index (χ4v) is 3.48. The van der Waals surface area contributed by atoms with Crippen molar-refractivity contribution in [3.63, 3.8) is 0 Å². The lowest BCUT2D eigenvalue weighted by Crippen LogP contribution is -2.23. The quantitative estimate of drug-likeness (QED) is 0.569. The number of aromatic hydroxyl groups is 2. The third kappa shape index (κ3) is 3.89. The van der Waals surface area contributed by atoms with E-state index in [9.17, 15) is 15.0 Å². The van der Waals surface area contributed by atoms with Crippen LogP contribution in [0, 0.1) is 5.92 Å². The van der Waals surface area contributed by atoms with Gasteiger partial charge in [-0.15, -0.1) is 0 Å². The summed E-state index contributed by atoms with van der Waals surface area (Å²) in [6, 6.07) is 3.50. The molecule has 24 heavy (non-hydrogen) atoms. The van der Waals surface area contributed by atoms with Crippen molar-refractivity contribution >= 4 is 5.78 Å². The second-order valence-electron chi connectivity index (χ2n) is 6.96. The maximum Gasteiger partial charge on any atom is 0.158 e. The van der Waals surface area contributed by atoms with E-state index < -0.39 is 0 Å². The fraction of sp³-hybridized carbons (Fsp3) is 0.476. The molecule has 2 atom stereocenters. The molecule has 0 saturated carbocycles. The van der Waals surface area contributed by atoms with Crippen molar-refractivity contribution in [1.29, 1.82) is 0 Å². The van der Waals surface area contributed by atoms with E-state index >= 15 is 0 Å². The summed E-state index contributed by atoms with van der Waals surface area (Å²) in [7, 11) is 0. The molecular weight excluding hydrogens is 300 g/mol. The van der Waals surface area contributed by atoms with Crippen molar-refractivity contribution in [2.45, 2.75) is 58.8 Å². The van der Waals surface area contributed by atoms with Crippen LogP contribution < -0.4 is 0 Å². The van der Waals surface area contributed by atoms with Gasteiger partial charge in [0.05, 0.1) is 0 Å². The lowest BCUT2D eigenvalue weighted by atomic mass is 9.73. The van der Waals surface area contributed by atoms with E-state index in [1.807, 2.05) is 13.0 Å². The third-order valence-electron chi connectivity index (χ3n) is 4.94. The van der Waals surface area contributed by atoms with Crippen molar-refractivity contribution in [1.82, 2.24) is 0 Å². The Labute approximate surface area is 144 Å². The second kappa shape index (κ2) is 7.69. The van der Waals surface area contributed by atoms with E-state index in [1.165, 1.54) is 0 Å². The number of unbranched alkanes of at least 4 members (excludes halogenated alkanes) is 2. The zero-order chi connectivity index (χ0) is 17.9. The summed E-state index contributed by atoms with van der Waals surface area (Å²) in [6.45, 7) is 9.83. The summed E-state index contributed by atoms with van der Waals surface area (Å²) in [5.74, 6) is 0.00976. The average Bonchev–Trinajstić information content (AvgIpc) is 2.50. The Morgan fingerprint density at radius 1 is 1.25 bits per heavy atom. The van der Waals surface area contributed by atoms with Crippen molar-refractivity contribution < 1.29 is 15.0 Å². The van der Waals surface area contributed by atoms with Crippen molar-refractivity contribution in [3.05, 3.63) is 47.1 Å². The van der Waals surface area contributed by atoms with Gasteiger partial charge in [-0.05, 0) is 55.9 Å². The highest BCUT2D eigenvalue weighted by molar-refractivity contribution is 5.96. The summed E-state index contributed by atoms with van der Waals surface area (Å²) in [4.78, 5) is 12.0. The van der Waals surface area contributed by atoms with Crippen LogP contribution in [0.15, 0.2) is 35.9 Å². The molecule has 1 unspecified atom stereocenters. The minimum Gasteiger partial charge on any atom is -0.507 e. The zero-order valence-electron chi connectivity index (χ0n) is 14.9. The van der Waals surface area contributed by atoms with Crippen LogP contribution in [0.3, 0.4) is 0 Å². The number of phenolic OH excluding ortho intramolecular Hbond substituents is 2. The number of allylic oxidation sites excluding steroid dienone is 3. The molecular formula is C21H28O3. The summed E-state index contributed by atoms with van der Waals surface area (Å²) in [5.41, 5.74) is 3.03. The van der Waals surface area contributed by atoms with Crippen LogP contribution in [0.25, 0.3) is 0 Å². The lowest BCUT2D eigenvalue weighted by Gasteiger charge is -2.30. The highest BCUT2D eigenvalue weighted by Gasteiger charge is 2.33. The Morgan fingerprint density at radius 2 is 1.88 bits per heavy atom. The molecule has 130 valence electrons. The Hall–Kier alpha value is -2.03. The van der Waals surface area contributed by atoms with Gasteiger partial charge in [-0.1, -0.05) is 38.0 Å². The standard InChI is InChI=1S/C21H28O3/c1-5-6-7-8-15-10-19(23)21(20(24)11-15)17-9-14(4)18(22)12-16(17)13(2)3/h9-11,16-17,23-24H,2,5-8,12H2,1,3-4H3/t16-,17?/m0/s1. The van der Waals surface area contributed by atoms with E-state index in [0.29, 0.717) is 17.6 Å². The van der Waals surface area contributed by atoms with Crippen molar-refractivity contribution in [2.75, 3.05) is 0 Å². The van der Waals surface area contributed by atoms with Crippen molar-refractivity contribution in [3.8, 4) is 11.5 Å². The molecule has 1 aromatic rings. The fourth-order valence-electron chi connectivity index (χ4n) is 3.48. The Morgan fingerprint density at radius 3 is 2.42 bits per heavy atom. The number of Topliss-reactive ketones (excluding diaryl/α,β-unsaturated/α-hetero) is 1. The third-order valence-corrected chi connectivity index (χ3v) is 4.94. The average molecular weight is 328 g/mol. The maximum absolute atomic E-state index is 12.0. The number of hydrogen-bond acceptors (Lipinski definition) is 3.